The Labute approximate surface area is 165 Å². The number of likely N-dealkylation sites (tertiary alicyclic amines) is 1. The molecular weight excluding hydrogens is 354 g/mol. The third-order valence-corrected chi connectivity index (χ3v) is 5.03. The molecular formula is C22H27N3O3. The second-order valence-corrected chi connectivity index (χ2v) is 6.87. The van der Waals surface area contributed by atoms with Crippen LogP contribution < -0.4 is 10.1 Å². The zero-order valence-corrected chi connectivity index (χ0v) is 16.5. The maximum absolute atomic E-state index is 13.0. The number of nitrogens with one attached hydrogen (secondary N) is 1. The third kappa shape index (κ3) is 4.50. The monoisotopic (exact) mass is 381 g/mol. The molecule has 1 unspecified atom stereocenters. The number of ether oxygens (including phenoxy) is 1. The van der Waals surface area contributed by atoms with E-state index in [2.05, 4.69) is 17.2 Å². The minimum Gasteiger partial charge on any atom is -0.492 e. The van der Waals surface area contributed by atoms with Crippen LogP contribution in [-0.2, 0) is 0 Å². The van der Waals surface area contributed by atoms with Gasteiger partial charge in [0.05, 0.1) is 12.3 Å². The molecule has 1 aromatic carbocycles. The highest BCUT2D eigenvalue weighted by molar-refractivity contribution is 6.05. The number of anilines is 1. The fourth-order valence-corrected chi connectivity index (χ4v) is 3.58. The summed E-state index contributed by atoms with van der Waals surface area (Å²) < 4.78 is 5.54. The number of pyridine rings is 1. The van der Waals surface area contributed by atoms with Crippen LogP contribution in [0.2, 0.25) is 0 Å². The Hall–Kier alpha value is -2.89. The number of hydrogen-bond acceptors (Lipinski definition) is 4. The van der Waals surface area contributed by atoms with Crippen molar-refractivity contribution in [2.45, 2.75) is 45.6 Å². The molecule has 28 heavy (non-hydrogen) atoms. The van der Waals surface area contributed by atoms with Gasteiger partial charge in [0.25, 0.3) is 11.8 Å². The van der Waals surface area contributed by atoms with E-state index in [1.807, 2.05) is 24.0 Å². The van der Waals surface area contributed by atoms with Crippen LogP contribution in [0.25, 0.3) is 0 Å². The molecule has 1 fully saturated rings. The van der Waals surface area contributed by atoms with Gasteiger partial charge in [-0.3, -0.25) is 14.6 Å². The molecule has 0 aliphatic carbocycles. The Morgan fingerprint density at radius 2 is 2.04 bits per heavy atom. The van der Waals surface area contributed by atoms with Crippen molar-refractivity contribution in [3.8, 4) is 5.75 Å². The minimum absolute atomic E-state index is 0.0299. The molecule has 6 nitrogen and oxygen atoms in total. The molecule has 1 atom stereocenters. The van der Waals surface area contributed by atoms with Crippen molar-refractivity contribution in [2.24, 2.45) is 0 Å². The first kappa shape index (κ1) is 19.9. The van der Waals surface area contributed by atoms with Gasteiger partial charge in [-0.05, 0) is 56.9 Å². The smallest absolute Gasteiger partial charge is 0.274 e. The molecule has 0 saturated carbocycles. The quantitative estimate of drug-likeness (QED) is 0.816. The molecule has 1 aliphatic rings. The van der Waals surface area contributed by atoms with Gasteiger partial charge in [-0.2, -0.15) is 0 Å². The molecule has 0 radical (unpaired) electrons. The largest absolute Gasteiger partial charge is 0.492 e. The topological polar surface area (TPSA) is 71.5 Å². The summed E-state index contributed by atoms with van der Waals surface area (Å²) in [6.07, 6.45) is 5.68. The summed E-state index contributed by atoms with van der Waals surface area (Å²) in [5.41, 5.74) is 1.29. The van der Waals surface area contributed by atoms with Gasteiger partial charge >= 0.3 is 0 Å². The van der Waals surface area contributed by atoms with E-state index in [0.29, 0.717) is 23.6 Å². The lowest BCUT2D eigenvalue weighted by atomic mass is 9.99. The Morgan fingerprint density at radius 1 is 1.21 bits per heavy atom. The number of carbonyl (C=O) groups excluding carboxylic acids is 2. The van der Waals surface area contributed by atoms with Crippen LogP contribution in [0.5, 0.6) is 5.75 Å². The maximum Gasteiger partial charge on any atom is 0.274 e. The molecule has 1 N–H and O–H groups in total. The van der Waals surface area contributed by atoms with E-state index >= 15 is 0 Å². The molecule has 3 rings (SSSR count). The lowest BCUT2D eigenvalue weighted by molar-refractivity contribution is 0.0608. The van der Waals surface area contributed by atoms with E-state index in [0.717, 1.165) is 32.2 Å². The summed E-state index contributed by atoms with van der Waals surface area (Å²) in [7, 11) is 0. The van der Waals surface area contributed by atoms with Gasteiger partial charge in [0.15, 0.2) is 0 Å². The van der Waals surface area contributed by atoms with Crippen molar-refractivity contribution in [3.05, 3.63) is 53.9 Å². The van der Waals surface area contributed by atoms with Gasteiger partial charge in [0, 0.05) is 24.3 Å². The summed E-state index contributed by atoms with van der Waals surface area (Å²) >= 11 is 0. The van der Waals surface area contributed by atoms with Crippen molar-refractivity contribution in [3.63, 3.8) is 0 Å². The number of aromatic nitrogens is 1. The molecule has 148 valence electrons. The number of hydrogen-bond donors (Lipinski definition) is 1. The number of rotatable bonds is 6. The van der Waals surface area contributed by atoms with Crippen LogP contribution in [0.4, 0.5) is 5.69 Å². The van der Waals surface area contributed by atoms with E-state index in [4.69, 9.17) is 4.74 Å². The van der Waals surface area contributed by atoms with Crippen LogP contribution in [0.3, 0.4) is 0 Å². The Kier molecular flexibility index (Phi) is 6.63. The average molecular weight is 381 g/mol. The summed E-state index contributed by atoms with van der Waals surface area (Å²) in [4.78, 5) is 31.8. The highest BCUT2D eigenvalue weighted by atomic mass is 16.5. The van der Waals surface area contributed by atoms with E-state index in [1.165, 1.54) is 6.20 Å². The predicted octanol–water partition coefficient (Wildman–Crippen LogP) is 4.14. The maximum atomic E-state index is 13.0. The summed E-state index contributed by atoms with van der Waals surface area (Å²) in [5.74, 6) is 0.204. The first-order valence-corrected chi connectivity index (χ1v) is 9.94. The molecule has 0 bridgehead atoms. The number of amides is 2. The SMILES string of the molecule is CCOc1ccccc1NC(=O)c1cc(C(=O)N2CCCCC2CC)ccn1. The van der Waals surface area contributed by atoms with Crippen molar-refractivity contribution in [2.75, 3.05) is 18.5 Å². The van der Waals surface area contributed by atoms with E-state index < -0.39 is 0 Å². The Bertz CT molecular complexity index is 837. The van der Waals surface area contributed by atoms with E-state index in [9.17, 15) is 9.59 Å². The normalized spacial score (nSPS) is 16.5. The number of benzene rings is 1. The van der Waals surface area contributed by atoms with Crippen LogP contribution >= 0.6 is 0 Å². The van der Waals surface area contributed by atoms with Crippen molar-refractivity contribution in [1.29, 1.82) is 0 Å². The zero-order valence-electron chi connectivity index (χ0n) is 16.5. The standard InChI is InChI=1S/C22H27N3O3/c1-3-17-9-7-8-14-25(17)22(27)16-12-13-23-19(15-16)21(26)24-18-10-5-6-11-20(18)28-4-2/h5-6,10-13,15,17H,3-4,7-9,14H2,1-2H3,(H,24,26). The fourth-order valence-electron chi connectivity index (χ4n) is 3.58. The number of piperidine rings is 1. The molecule has 6 heteroatoms. The predicted molar refractivity (Wildman–Crippen MR) is 109 cm³/mol. The molecule has 2 amide bonds. The molecule has 1 aliphatic heterocycles. The minimum atomic E-state index is -0.368. The second kappa shape index (κ2) is 9.35. The van der Waals surface area contributed by atoms with Crippen LogP contribution in [0.1, 0.15) is 60.4 Å². The highest BCUT2D eigenvalue weighted by Gasteiger charge is 2.26. The number of carbonyl (C=O) groups is 2. The van der Waals surface area contributed by atoms with Gasteiger partial charge in [-0.15, -0.1) is 0 Å². The molecule has 1 aromatic heterocycles. The second-order valence-electron chi connectivity index (χ2n) is 6.87. The zero-order chi connectivity index (χ0) is 19.9. The lowest BCUT2D eigenvalue weighted by Gasteiger charge is -2.35. The van der Waals surface area contributed by atoms with Crippen LogP contribution in [0.15, 0.2) is 42.6 Å². The van der Waals surface area contributed by atoms with Crippen LogP contribution in [0, 0.1) is 0 Å². The first-order valence-electron chi connectivity index (χ1n) is 9.94. The van der Waals surface area contributed by atoms with Gasteiger partial charge in [-0.25, -0.2) is 0 Å². The number of para-hydroxylation sites is 2. The van der Waals surface area contributed by atoms with Crippen molar-refractivity contribution < 1.29 is 14.3 Å². The first-order chi connectivity index (χ1) is 13.6. The van der Waals surface area contributed by atoms with Crippen LogP contribution in [-0.4, -0.2) is 40.9 Å². The van der Waals surface area contributed by atoms with Gasteiger partial charge in [0.1, 0.15) is 11.4 Å². The van der Waals surface area contributed by atoms with E-state index in [-0.39, 0.29) is 23.6 Å². The van der Waals surface area contributed by atoms with Gasteiger partial charge in [-0.1, -0.05) is 19.1 Å². The van der Waals surface area contributed by atoms with Gasteiger partial charge in [0.2, 0.25) is 0 Å². The van der Waals surface area contributed by atoms with Crippen molar-refractivity contribution in [1.82, 2.24) is 9.88 Å². The fraction of sp³-hybridized carbons (Fsp3) is 0.409. The third-order valence-electron chi connectivity index (χ3n) is 5.03. The lowest BCUT2D eigenvalue weighted by Crippen LogP contribution is -2.43. The van der Waals surface area contributed by atoms with E-state index in [1.54, 1.807) is 24.3 Å². The molecule has 1 saturated heterocycles. The molecule has 2 heterocycles. The summed E-state index contributed by atoms with van der Waals surface area (Å²) in [6, 6.07) is 10.8. The average Bonchev–Trinajstić information content (AvgIpc) is 2.74. The number of nitrogens with zero attached hydrogens (tertiary/aromatic N) is 2. The Morgan fingerprint density at radius 3 is 2.82 bits per heavy atom. The van der Waals surface area contributed by atoms with Crippen molar-refractivity contribution >= 4 is 17.5 Å². The highest BCUT2D eigenvalue weighted by Crippen LogP contribution is 2.25. The molecule has 2 aromatic rings. The molecule has 0 spiro atoms. The summed E-state index contributed by atoms with van der Waals surface area (Å²) in [6.45, 7) is 5.27. The Balaban J connectivity index is 1.77. The van der Waals surface area contributed by atoms with Gasteiger partial charge < -0.3 is 15.0 Å². The summed E-state index contributed by atoms with van der Waals surface area (Å²) in [5, 5.41) is 2.83.